The van der Waals surface area contributed by atoms with Gasteiger partial charge in [-0.3, -0.25) is 9.59 Å². The second-order valence-electron chi connectivity index (χ2n) is 10.5. The molecule has 2 amide bonds. The molecular formula is C33H37N3O5S. The van der Waals surface area contributed by atoms with Crippen molar-refractivity contribution in [2.75, 3.05) is 47.0 Å². The van der Waals surface area contributed by atoms with Crippen molar-refractivity contribution in [2.24, 2.45) is 5.16 Å². The maximum absolute atomic E-state index is 12.6. The first kappa shape index (κ1) is 29.5. The van der Waals surface area contributed by atoms with Gasteiger partial charge in [0.2, 0.25) is 5.91 Å². The predicted octanol–water partition coefficient (Wildman–Crippen LogP) is 5.86. The summed E-state index contributed by atoms with van der Waals surface area (Å²) in [7, 11) is 3.29. The van der Waals surface area contributed by atoms with Crippen molar-refractivity contribution in [2.45, 2.75) is 32.3 Å². The Labute approximate surface area is 250 Å². The Hall–Kier alpha value is -3.95. The van der Waals surface area contributed by atoms with Gasteiger partial charge in [0.15, 0.2) is 6.61 Å². The summed E-state index contributed by atoms with van der Waals surface area (Å²) in [6, 6.07) is 22.2. The van der Waals surface area contributed by atoms with Crippen LogP contribution in [0.5, 0.6) is 5.75 Å². The number of oxime groups is 1. The quantitative estimate of drug-likeness (QED) is 0.153. The van der Waals surface area contributed by atoms with Crippen LogP contribution in [0.4, 0.5) is 0 Å². The van der Waals surface area contributed by atoms with E-state index in [-0.39, 0.29) is 25.0 Å². The molecule has 1 aliphatic rings. The van der Waals surface area contributed by atoms with Crippen molar-refractivity contribution in [3.63, 3.8) is 0 Å². The number of hydrogen-bond acceptors (Lipinski definition) is 7. The lowest BCUT2D eigenvalue weighted by Crippen LogP contribution is -2.44. The molecule has 0 saturated carbocycles. The molecule has 42 heavy (non-hydrogen) atoms. The number of amides is 2. The summed E-state index contributed by atoms with van der Waals surface area (Å²) >= 11 is 1.78. The van der Waals surface area contributed by atoms with Gasteiger partial charge in [0.25, 0.3) is 5.91 Å². The molecule has 0 atom stereocenters. The first-order valence-corrected chi connectivity index (χ1v) is 15.2. The summed E-state index contributed by atoms with van der Waals surface area (Å²) in [4.78, 5) is 34.1. The Morgan fingerprint density at radius 1 is 0.952 bits per heavy atom. The van der Waals surface area contributed by atoms with Crippen LogP contribution in [-0.2, 0) is 25.8 Å². The maximum Gasteiger partial charge on any atom is 0.260 e. The van der Waals surface area contributed by atoms with Crippen LogP contribution in [0.2, 0.25) is 0 Å². The third-order valence-electron chi connectivity index (χ3n) is 7.45. The van der Waals surface area contributed by atoms with E-state index >= 15 is 0 Å². The van der Waals surface area contributed by atoms with Gasteiger partial charge in [-0.15, -0.1) is 11.3 Å². The van der Waals surface area contributed by atoms with Crippen molar-refractivity contribution in [1.82, 2.24) is 9.80 Å². The second-order valence-corrected chi connectivity index (χ2v) is 11.6. The largest absolute Gasteiger partial charge is 0.484 e. The summed E-state index contributed by atoms with van der Waals surface area (Å²) < 4.78 is 13.5. The minimum Gasteiger partial charge on any atom is -0.484 e. The summed E-state index contributed by atoms with van der Waals surface area (Å²) in [6.07, 6.45) is 3.79. The molecule has 0 spiro atoms. The lowest BCUT2D eigenvalue weighted by Gasteiger charge is -2.28. The number of methoxy groups -OCH3 is 1. The summed E-state index contributed by atoms with van der Waals surface area (Å²) in [5.74, 6) is 0.307. The highest BCUT2D eigenvalue weighted by molar-refractivity contribution is 7.25. The van der Waals surface area contributed by atoms with Gasteiger partial charge in [-0.2, -0.15) is 0 Å². The van der Waals surface area contributed by atoms with Crippen LogP contribution in [0.1, 0.15) is 36.8 Å². The van der Waals surface area contributed by atoms with Crippen molar-refractivity contribution in [3.8, 4) is 5.75 Å². The fourth-order valence-electron chi connectivity index (χ4n) is 5.02. The highest BCUT2D eigenvalue weighted by atomic mass is 32.1. The molecule has 0 radical (unpaired) electrons. The number of rotatable bonds is 12. The van der Waals surface area contributed by atoms with Gasteiger partial charge in [0, 0.05) is 53.8 Å². The van der Waals surface area contributed by atoms with Gasteiger partial charge in [-0.1, -0.05) is 35.5 Å². The fraction of sp³-hybridized carbons (Fsp3) is 0.364. The van der Waals surface area contributed by atoms with Crippen LogP contribution >= 0.6 is 11.3 Å². The number of hydrogen-bond donors (Lipinski definition) is 0. The molecule has 3 aromatic carbocycles. The van der Waals surface area contributed by atoms with E-state index in [0.29, 0.717) is 25.4 Å². The molecule has 1 fully saturated rings. The predicted molar refractivity (Wildman–Crippen MR) is 167 cm³/mol. The molecule has 4 aromatic rings. The second kappa shape index (κ2) is 14.3. The highest BCUT2D eigenvalue weighted by Crippen LogP contribution is 2.34. The monoisotopic (exact) mass is 587 g/mol. The smallest absolute Gasteiger partial charge is 0.260 e. The average Bonchev–Trinajstić information content (AvgIpc) is 3.40. The van der Waals surface area contributed by atoms with E-state index in [1.807, 2.05) is 17.0 Å². The highest BCUT2D eigenvalue weighted by Gasteiger charge is 2.20. The number of carbonyl (C=O) groups excluding carboxylic acids is 2. The first-order valence-electron chi connectivity index (χ1n) is 14.3. The first-order chi connectivity index (χ1) is 20.5. The van der Waals surface area contributed by atoms with Crippen LogP contribution < -0.4 is 4.74 Å². The Morgan fingerprint density at radius 3 is 2.50 bits per heavy atom. The minimum atomic E-state index is -0.242. The van der Waals surface area contributed by atoms with Crippen molar-refractivity contribution < 1.29 is 23.9 Å². The molecule has 1 aliphatic heterocycles. The number of carbonyl (C=O) groups is 2. The van der Waals surface area contributed by atoms with Crippen molar-refractivity contribution in [3.05, 3.63) is 77.9 Å². The molecule has 0 bridgehead atoms. The average molecular weight is 588 g/mol. The summed E-state index contributed by atoms with van der Waals surface area (Å²) in [5.41, 5.74) is 2.70. The van der Waals surface area contributed by atoms with E-state index in [4.69, 9.17) is 14.3 Å². The SMILES string of the molecule is COCC/C(=N/OCc1ccc2c(c1)sc1ccccc12)c1ccc(OCC(=O)N(C)CC(=O)N2CCCCC2)cc1. The zero-order valence-electron chi connectivity index (χ0n) is 24.2. The molecule has 0 aliphatic carbocycles. The molecule has 2 heterocycles. The number of likely N-dealkylation sites (tertiary alicyclic amines) is 1. The third-order valence-corrected chi connectivity index (χ3v) is 8.58. The maximum atomic E-state index is 12.6. The lowest BCUT2D eigenvalue weighted by atomic mass is 10.1. The van der Waals surface area contributed by atoms with Gasteiger partial charge in [-0.25, -0.2) is 0 Å². The van der Waals surface area contributed by atoms with Crippen molar-refractivity contribution >= 4 is 49.0 Å². The van der Waals surface area contributed by atoms with E-state index in [2.05, 4.69) is 47.6 Å². The van der Waals surface area contributed by atoms with Gasteiger partial charge in [0.1, 0.15) is 12.4 Å². The Balaban J connectivity index is 1.15. The number of piperidine rings is 1. The molecule has 5 rings (SSSR count). The van der Waals surface area contributed by atoms with Gasteiger partial charge in [0.05, 0.1) is 18.9 Å². The standard InChI is InChI=1S/C33H37N3O5S/c1-35(21-32(37)36-17-6-3-7-18-36)33(38)23-40-26-13-11-25(12-14-26)29(16-19-39-2)34-41-22-24-10-15-28-27-8-4-5-9-30(27)42-31(28)20-24/h4-5,8-15,20H,3,6-7,16-19,21-23H2,1-2H3/b34-29-. The third kappa shape index (κ3) is 7.46. The van der Waals surface area contributed by atoms with Crippen LogP contribution in [0, 0.1) is 0 Å². The number of fused-ring (bicyclic) bond motifs is 3. The molecular weight excluding hydrogens is 550 g/mol. The number of ether oxygens (including phenoxy) is 2. The number of nitrogens with zero attached hydrogens (tertiary/aromatic N) is 3. The molecule has 9 heteroatoms. The molecule has 0 unspecified atom stereocenters. The van der Waals surface area contributed by atoms with E-state index in [9.17, 15) is 9.59 Å². The number of thiophene rings is 1. The van der Waals surface area contributed by atoms with Gasteiger partial charge >= 0.3 is 0 Å². The Morgan fingerprint density at radius 2 is 1.71 bits per heavy atom. The van der Waals surface area contributed by atoms with Crippen LogP contribution in [0.25, 0.3) is 20.2 Å². The topological polar surface area (TPSA) is 80.7 Å². The summed E-state index contributed by atoms with van der Waals surface area (Å²) in [6.45, 7) is 2.34. The van der Waals surface area contributed by atoms with Crippen LogP contribution in [0.3, 0.4) is 0 Å². The van der Waals surface area contributed by atoms with E-state index in [1.54, 1.807) is 37.6 Å². The van der Waals surface area contributed by atoms with E-state index in [0.717, 1.165) is 49.2 Å². The zero-order chi connectivity index (χ0) is 29.3. The number of likely N-dealkylation sites (N-methyl/N-ethyl adjacent to an activating group) is 1. The Bertz CT molecular complexity index is 1540. The Kier molecular flexibility index (Phi) is 10.0. The number of benzene rings is 3. The molecule has 1 aromatic heterocycles. The van der Waals surface area contributed by atoms with E-state index in [1.165, 1.54) is 25.1 Å². The molecule has 8 nitrogen and oxygen atoms in total. The minimum absolute atomic E-state index is 0.0133. The van der Waals surface area contributed by atoms with Gasteiger partial charge < -0.3 is 24.1 Å². The zero-order valence-corrected chi connectivity index (χ0v) is 25.0. The van der Waals surface area contributed by atoms with E-state index < -0.39 is 0 Å². The summed E-state index contributed by atoms with van der Waals surface area (Å²) in [5, 5.41) is 6.97. The molecule has 0 N–H and O–H groups in total. The van der Waals surface area contributed by atoms with Crippen LogP contribution in [-0.4, -0.2) is 74.3 Å². The lowest BCUT2D eigenvalue weighted by molar-refractivity contribution is -0.140. The van der Waals surface area contributed by atoms with Crippen LogP contribution in [0.15, 0.2) is 71.9 Å². The van der Waals surface area contributed by atoms with Gasteiger partial charge in [-0.05, 0) is 66.8 Å². The molecule has 220 valence electrons. The van der Waals surface area contributed by atoms with Crippen molar-refractivity contribution in [1.29, 1.82) is 0 Å². The fourth-order valence-corrected chi connectivity index (χ4v) is 6.19. The molecule has 1 saturated heterocycles. The normalized spacial score (nSPS) is 13.9.